The fourth-order valence-corrected chi connectivity index (χ4v) is 1.76. The minimum Gasteiger partial charge on any atom is -0.267 e. The highest BCUT2D eigenvalue weighted by Gasteiger charge is 2.13. The zero-order valence-electron chi connectivity index (χ0n) is 11.6. The zero-order chi connectivity index (χ0) is 15.4. The molecule has 1 aromatic heterocycles. The predicted molar refractivity (Wildman–Crippen MR) is 78.9 cm³/mol. The first-order chi connectivity index (χ1) is 9.97. The van der Waals surface area contributed by atoms with Gasteiger partial charge in [0.05, 0.1) is 6.04 Å². The Kier molecular flexibility index (Phi) is 4.70. The van der Waals surface area contributed by atoms with Crippen LogP contribution in [-0.2, 0) is 4.79 Å². The number of amides is 1. The third kappa shape index (κ3) is 3.88. The van der Waals surface area contributed by atoms with Gasteiger partial charge in [-0.25, -0.2) is 9.67 Å². The molecule has 0 aliphatic rings. The van der Waals surface area contributed by atoms with Crippen LogP contribution in [0.3, 0.4) is 0 Å². The molecule has 0 N–H and O–H groups in total. The van der Waals surface area contributed by atoms with Gasteiger partial charge in [0.25, 0.3) is 5.91 Å². The van der Waals surface area contributed by atoms with Crippen LogP contribution in [0.5, 0.6) is 0 Å². The molecule has 21 heavy (non-hydrogen) atoms. The van der Waals surface area contributed by atoms with Crippen LogP contribution in [0.15, 0.2) is 36.7 Å². The lowest BCUT2D eigenvalue weighted by molar-refractivity contribution is -0.144. The lowest BCUT2D eigenvalue weighted by Gasteiger charge is -2.12. The number of hydrogen-bond acceptors (Lipinski definition) is 3. The van der Waals surface area contributed by atoms with E-state index in [2.05, 4.69) is 10.1 Å². The van der Waals surface area contributed by atoms with E-state index in [1.165, 1.54) is 17.2 Å². The molecule has 0 bridgehead atoms. The minimum atomic E-state index is -0.746. The molecule has 1 amide bonds. The summed E-state index contributed by atoms with van der Waals surface area (Å²) in [6.45, 7) is 3.16. The van der Waals surface area contributed by atoms with Gasteiger partial charge < -0.3 is 0 Å². The monoisotopic (exact) mass is 308 g/mol. The molecule has 0 saturated carbocycles. The Morgan fingerprint density at radius 1 is 1.48 bits per heavy atom. The highest BCUT2D eigenvalue weighted by Crippen LogP contribution is 2.18. The van der Waals surface area contributed by atoms with Crippen LogP contribution in [0.2, 0.25) is 5.02 Å². The second-order valence-electron chi connectivity index (χ2n) is 4.62. The molecule has 110 valence electrons. The standard InChI is InChI=1S/C14H14ClFN4O/c1-10(2)20(16)13(21)6-7-19-9-17-14(18-19)11-4-3-5-12(15)8-11/h3-10H,1-2H3. The van der Waals surface area contributed by atoms with E-state index >= 15 is 0 Å². The Bertz CT molecular complexity index is 668. The lowest BCUT2D eigenvalue weighted by Crippen LogP contribution is -2.27. The van der Waals surface area contributed by atoms with Crippen molar-refractivity contribution < 1.29 is 9.28 Å². The number of halogens is 2. The van der Waals surface area contributed by atoms with Crippen LogP contribution in [-0.4, -0.2) is 31.8 Å². The quantitative estimate of drug-likeness (QED) is 0.644. The Hall–Kier alpha value is -2.21. The molecule has 0 aliphatic carbocycles. The van der Waals surface area contributed by atoms with Gasteiger partial charge in [-0.15, -0.1) is 5.10 Å². The van der Waals surface area contributed by atoms with E-state index in [4.69, 9.17) is 11.6 Å². The normalized spacial score (nSPS) is 11.3. The molecule has 0 aliphatic heterocycles. The molecular formula is C14H14ClFN4O. The summed E-state index contributed by atoms with van der Waals surface area (Å²) in [6, 6.07) is 6.59. The third-order valence-electron chi connectivity index (χ3n) is 2.63. The summed E-state index contributed by atoms with van der Waals surface area (Å²) in [5.41, 5.74) is 0.760. The molecule has 0 spiro atoms. The molecule has 2 rings (SSSR count). The predicted octanol–water partition coefficient (Wildman–Crippen LogP) is 3.19. The highest BCUT2D eigenvalue weighted by atomic mass is 35.5. The van der Waals surface area contributed by atoms with Gasteiger partial charge in [-0.05, 0) is 26.0 Å². The average molecular weight is 309 g/mol. The first kappa shape index (κ1) is 15.2. The van der Waals surface area contributed by atoms with Crippen molar-refractivity contribution in [3.05, 3.63) is 41.7 Å². The summed E-state index contributed by atoms with van der Waals surface area (Å²) in [6.07, 6.45) is 3.87. The van der Waals surface area contributed by atoms with Gasteiger partial charge >= 0.3 is 0 Å². The number of hydrogen-bond donors (Lipinski definition) is 0. The molecular weight excluding hydrogens is 295 g/mol. The van der Waals surface area contributed by atoms with Crippen LogP contribution in [0.1, 0.15) is 13.8 Å². The Morgan fingerprint density at radius 2 is 2.24 bits per heavy atom. The SMILES string of the molecule is CC(C)N(F)C(=O)C=Cn1cnc(-c2cccc(Cl)c2)n1. The van der Waals surface area contributed by atoms with Crippen molar-refractivity contribution in [3.8, 4) is 11.4 Å². The van der Waals surface area contributed by atoms with Crippen molar-refractivity contribution in [2.75, 3.05) is 0 Å². The topological polar surface area (TPSA) is 51.0 Å². The zero-order valence-corrected chi connectivity index (χ0v) is 12.3. The van der Waals surface area contributed by atoms with Crippen LogP contribution in [0.25, 0.3) is 17.6 Å². The molecule has 0 atom stereocenters. The summed E-state index contributed by atoms with van der Waals surface area (Å²) in [7, 11) is 0. The molecule has 5 nitrogen and oxygen atoms in total. The molecule has 1 aromatic carbocycles. The number of aromatic nitrogens is 3. The molecule has 0 unspecified atom stereocenters. The summed E-state index contributed by atoms with van der Waals surface area (Å²) in [5.74, 6) is -0.277. The summed E-state index contributed by atoms with van der Waals surface area (Å²) < 4.78 is 14.6. The Balaban J connectivity index is 2.12. The number of carbonyl (C=O) groups excluding carboxylic acids is 1. The van der Waals surface area contributed by atoms with E-state index in [1.54, 1.807) is 32.0 Å². The Morgan fingerprint density at radius 3 is 2.90 bits per heavy atom. The second kappa shape index (κ2) is 6.49. The maximum Gasteiger partial charge on any atom is 0.276 e. The van der Waals surface area contributed by atoms with E-state index < -0.39 is 11.9 Å². The number of carbonyl (C=O) groups is 1. The van der Waals surface area contributed by atoms with Crippen molar-refractivity contribution in [2.24, 2.45) is 0 Å². The first-order valence-electron chi connectivity index (χ1n) is 6.31. The van der Waals surface area contributed by atoms with Gasteiger partial charge in [-0.3, -0.25) is 4.79 Å². The summed E-state index contributed by atoms with van der Waals surface area (Å²) in [5, 5.41) is 4.89. The summed E-state index contributed by atoms with van der Waals surface area (Å²) >= 11 is 5.90. The molecule has 0 radical (unpaired) electrons. The van der Waals surface area contributed by atoms with E-state index in [-0.39, 0.29) is 5.12 Å². The van der Waals surface area contributed by atoms with E-state index in [0.29, 0.717) is 10.8 Å². The molecule has 0 saturated heterocycles. The van der Waals surface area contributed by atoms with Crippen molar-refractivity contribution in [1.29, 1.82) is 0 Å². The van der Waals surface area contributed by atoms with Crippen LogP contribution < -0.4 is 0 Å². The molecule has 7 heteroatoms. The van der Waals surface area contributed by atoms with Gasteiger partial charge in [0.1, 0.15) is 6.33 Å². The minimum absolute atomic E-state index is 0.144. The van der Waals surface area contributed by atoms with Gasteiger partial charge in [-0.1, -0.05) is 28.2 Å². The van der Waals surface area contributed by atoms with E-state index in [0.717, 1.165) is 11.6 Å². The lowest BCUT2D eigenvalue weighted by atomic mass is 10.2. The fraction of sp³-hybridized carbons (Fsp3) is 0.214. The fourth-order valence-electron chi connectivity index (χ4n) is 1.57. The van der Waals surface area contributed by atoms with Crippen LogP contribution >= 0.6 is 11.6 Å². The van der Waals surface area contributed by atoms with Gasteiger partial charge in [0, 0.05) is 22.9 Å². The van der Waals surface area contributed by atoms with Crippen molar-refractivity contribution >= 4 is 23.7 Å². The average Bonchev–Trinajstić information content (AvgIpc) is 2.92. The maximum atomic E-state index is 13.3. The van der Waals surface area contributed by atoms with Gasteiger partial charge in [-0.2, -0.15) is 5.12 Å². The third-order valence-corrected chi connectivity index (χ3v) is 2.86. The maximum absolute atomic E-state index is 13.3. The molecule has 1 heterocycles. The van der Waals surface area contributed by atoms with Crippen LogP contribution in [0, 0.1) is 0 Å². The largest absolute Gasteiger partial charge is 0.276 e. The van der Waals surface area contributed by atoms with E-state index in [9.17, 15) is 9.28 Å². The summed E-state index contributed by atoms with van der Waals surface area (Å²) in [4.78, 5) is 15.6. The van der Waals surface area contributed by atoms with E-state index in [1.807, 2.05) is 6.07 Å². The molecule has 2 aromatic rings. The Labute approximate surface area is 126 Å². The number of benzene rings is 1. The molecule has 0 fully saturated rings. The van der Waals surface area contributed by atoms with Crippen molar-refractivity contribution in [2.45, 2.75) is 19.9 Å². The number of rotatable bonds is 4. The van der Waals surface area contributed by atoms with Crippen molar-refractivity contribution in [1.82, 2.24) is 19.9 Å². The van der Waals surface area contributed by atoms with Gasteiger partial charge in [0.15, 0.2) is 5.82 Å². The highest BCUT2D eigenvalue weighted by molar-refractivity contribution is 6.30. The second-order valence-corrected chi connectivity index (χ2v) is 5.05. The smallest absolute Gasteiger partial charge is 0.267 e. The van der Waals surface area contributed by atoms with Crippen LogP contribution in [0.4, 0.5) is 4.48 Å². The number of nitrogens with zero attached hydrogens (tertiary/aromatic N) is 4. The van der Waals surface area contributed by atoms with Crippen molar-refractivity contribution in [3.63, 3.8) is 0 Å². The first-order valence-corrected chi connectivity index (χ1v) is 6.69. The van der Waals surface area contributed by atoms with Gasteiger partial charge in [0.2, 0.25) is 0 Å².